The molecule has 0 heterocycles. The molecule has 1 unspecified atom stereocenters. The van der Waals surface area contributed by atoms with E-state index in [-0.39, 0.29) is 0 Å². The summed E-state index contributed by atoms with van der Waals surface area (Å²) in [6.07, 6.45) is 1.22. The predicted molar refractivity (Wildman–Crippen MR) is 72.8 cm³/mol. The molecule has 0 aliphatic rings. The topological polar surface area (TPSA) is 64.6 Å². The zero-order valence-electron chi connectivity index (χ0n) is 11.4. The molecular weight excluding hydrogens is 254 g/mol. The van der Waals surface area contributed by atoms with E-state index in [4.69, 9.17) is 9.47 Å². The maximum Gasteiger partial charge on any atom is 0.407 e. The first-order valence-electron chi connectivity index (χ1n) is 6.33. The van der Waals surface area contributed by atoms with E-state index in [1.54, 1.807) is 18.7 Å². The third-order valence-corrected chi connectivity index (χ3v) is 3.06. The molecule has 5 nitrogen and oxygen atoms in total. The molecule has 6 heteroatoms. The van der Waals surface area contributed by atoms with Crippen molar-refractivity contribution in [1.29, 1.82) is 0 Å². The van der Waals surface area contributed by atoms with Gasteiger partial charge >= 0.3 is 12.1 Å². The van der Waals surface area contributed by atoms with Crippen LogP contribution in [-0.4, -0.2) is 42.8 Å². The molecule has 0 rings (SSSR count). The fourth-order valence-electron chi connectivity index (χ4n) is 1.14. The summed E-state index contributed by atoms with van der Waals surface area (Å²) in [5.74, 6) is 0.964. The first-order chi connectivity index (χ1) is 8.65. The Morgan fingerprint density at radius 1 is 1.22 bits per heavy atom. The Balaban J connectivity index is 4.12. The predicted octanol–water partition coefficient (Wildman–Crippen LogP) is 2.20. The van der Waals surface area contributed by atoms with Crippen LogP contribution in [0.1, 0.15) is 33.6 Å². The van der Waals surface area contributed by atoms with Gasteiger partial charge in [-0.3, -0.25) is 0 Å². The number of nitrogens with one attached hydrogen (secondary N) is 1. The molecule has 0 bridgehead atoms. The quantitative estimate of drug-likeness (QED) is 0.517. The molecule has 0 fully saturated rings. The lowest BCUT2D eigenvalue weighted by atomic mass is 10.3. The molecule has 0 spiro atoms. The van der Waals surface area contributed by atoms with Crippen molar-refractivity contribution >= 4 is 23.8 Å². The van der Waals surface area contributed by atoms with Crippen molar-refractivity contribution in [2.24, 2.45) is 0 Å². The Hall–Kier alpha value is -0.910. The fraction of sp³-hybridized carbons (Fsp3) is 0.833. The second-order valence-corrected chi connectivity index (χ2v) is 4.92. The zero-order chi connectivity index (χ0) is 13.8. The standard InChI is InChI=1S/C12H23NO4S/c1-4-7-8-17-12(15)13-10(9-18-6-3)11(14)16-5-2/h10H,4-9H2,1-3H3,(H,13,15). The molecule has 106 valence electrons. The van der Waals surface area contributed by atoms with Crippen LogP contribution >= 0.6 is 11.8 Å². The monoisotopic (exact) mass is 277 g/mol. The van der Waals surface area contributed by atoms with Crippen LogP contribution in [0, 0.1) is 0 Å². The number of alkyl carbamates (subject to hydrolysis) is 1. The van der Waals surface area contributed by atoms with E-state index < -0.39 is 18.1 Å². The van der Waals surface area contributed by atoms with Crippen LogP contribution in [0.25, 0.3) is 0 Å². The molecule has 18 heavy (non-hydrogen) atoms. The van der Waals surface area contributed by atoms with Gasteiger partial charge in [0.25, 0.3) is 0 Å². The second-order valence-electron chi connectivity index (χ2n) is 3.60. The van der Waals surface area contributed by atoms with Crippen molar-refractivity contribution < 1.29 is 19.1 Å². The molecule has 0 aromatic heterocycles. The number of unbranched alkanes of at least 4 members (excludes halogenated alkanes) is 1. The molecular formula is C12H23NO4S. The lowest BCUT2D eigenvalue weighted by molar-refractivity contribution is -0.144. The number of rotatable bonds is 9. The maximum atomic E-state index is 11.6. The Morgan fingerprint density at radius 2 is 1.94 bits per heavy atom. The van der Waals surface area contributed by atoms with Crippen LogP contribution in [0.4, 0.5) is 4.79 Å². The van der Waals surface area contributed by atoms with Gasteiger partial charge < -0.3 is 14.8 Å². The highest BCUT2D eigenvalue weighted by molar-refractivity contribution is 7.99. The summed E-state index contributed by atoms with van der Waals surface area (Å²) >= 11 is 1.57. The zero-order valence-corrected chi connectivity index (χ0v) is 12.2. The third-order valence-electron chi connectivity index (χ3n) is 2.08. The molecule has 0 saturated heterocycles. The molecule has 0 radical (unpaired) electrons. The lowest BCUT2D eigenvalue weighted by Gasteiger charge is -2.16. The Labute approximate surface area is 113 Å². The first-order valence-corrected chi connectivity index (χ1v) is 7.48. The fourth-order valence-corrected chi connectivity index (χ4v) is 1.83. The molecule has 0 saturated carbocycles. The van der Waals surface area contributed by atoms with Gasteiger partial charge in [0.05, 0.1) is 13.2 Å². The van der Waals surface area contributed by atoms with E-state index in [2.05, 4.69) is 5.32 Å². The van der Waals surface area contributed by atoms with E-state index in [1.165, 1.54) is 0 Å². The number of carbonyl (C=O) groups is 2. The van der Waals surface area contributed by atoms with Gasteiger partial charge in [-0.25, -0.2) is 9.59 Å². The van der Waals surface area contributed by atoms with Gasteiger partial charge in [0, 0.05) is 5.75 Å². The summed E-state index contributed by atoms with van der Waals surface area (Å²) in [6, 6.07) is -0.635. The highest BCUT2D eigenvalue weighted by atomic mass is 32.2. The molecule has 0 aromatic rings. The van der Waals surface area contributed by atoms with Crippen LogP contribution in [0.3, 0.4) is 0 Å². The number of amides is 1. The molecule has 0 aliphatic heterocycles. The van der Waals surface area contributed by atoms with Gasteiger partial charge in [0.1, 0.15) is 6.04 Å². The van der Waals surface area contributed by atoms with Crippen LogP contribution in [0.2, 0.25) is 0 Å². The number of carbonyl (C=O) groups excluding carboxylic acids is 2. The van der Waals surface area contributed by atoms with Crippen LogP contribution in [-0.2, 0) is 14.3 Å². The summed E-state index contributed by atoms with van der Waals surface area (Å²) in [5, 5.41) is 2.54. The summed E-state index contributed by atoms with van der Waals surface area (Å²) < 4.78 is 9.86. The number of hydrogen-bond acceptors (Lipinski definition) is 5. The molecule has 0 aromatic carbocycles. The Kier molecular flexibility index (Phi) is 10.6. The van der Waals surface area contributed by atoms with Crippen LogP contribution < -0.4 is 5.32 Å². The van der Waals surface area contributed by atoms with Gasteiger partial charge in [-0.05, 0) is 19.1 Å². The van der Waals surface area contributed by atoms with Crippen LogP contribution in [0.15, 0.2) is 0 Å². The average Bonchev–Trinajstić information content (AvgIpc) is 2.35. The average molecular weight is 277 g/mol. The second kappa shape index (κ2) is 11.2. The normalized spacial score (nSPS) is 11.7. The molecule has 1 amide bonds. The number of esters is 1. The number of thioether (sulfide) groups is 1. The largest absolute Gasteiger partial charge is 0.464 e. The summed E-state index contributed by atoms with van der Waals surface area (Å²) in [7, 11) is 0. The van der Waals surface area contributed by atoms with Crippen molar-refractivity contribution in [3.63, 3.8) is 0 Å². The SMILES string of the molecule is CCCCOC(=O)NC(CSCC)C(=O)OCC. The lowest BCUT2D eigenvalue weighted by Crippen LogP contribution is -2.44. The summed E-state index contributed by atoms with van der Waals surface area (Å²) in [4.78, 5) is 23.1. The van der Waals surface area contributed by atoms with E-state index in [1.807, 2.05) is 13.8 Å². The number of ether oxygens (including phenoxy) is 2. The summed E-state index contributed by atoms with van der Waals surface area (Å²) in [5.41, 5.74) is 0. The van der Waals surface area contributed by atoms with Gasteiger partial charge in [0.15, 0.2) is 0 Å². The molecule has 0 aliphatic carbocycles. The smallest absolute Gasteiger partial charge is 0.407 e. The van der Waals surface area contributed by atoms with Gasteiger partial charge in [-0.15, -0.1) is 0 Å². The first kappa shape index (κ1) is 17.1. The van der Waals surface area contributed by atoms with E-state index in [0.717, 1.165) is 18.6 Å². The number of hydrogen-bond donors (Lipinski definition) is 1. The van der Waals surface area contributed by atoms with Crippen LogP contribution in [0.5, 0.6) is 0 Å². The minimum absolute atomic E-state index is 0.304. The Morgan fingerprint density at radius 3 is 2.50 bits per heavy atom. The highest BCUT2D eigenvalue weighted by Crippen LogP contribution is 2.04. The van der Waals surface area contributed by atoms with Crippen molar-refractivity contribution in [1.82, 2.24) is 5.32 Å². The minimum atomic E-state index is -0.635. The maximum absolute atomic E-state index is 11.6. The van der Waals surface area contributed by atoms with Crippen molar-refractivity contribution in [2.75, 3.05) is 24.7 Å². The highest BCUT2D eigenvalue weighted by Gasteiger charge is 2.22. The molecule has 1 atom stereocenters. The van der Waals surface area contributed by atoms with E-state index in [0.29, 0.717) is 19.0 Å². The van der Waals surface area contributed by atoms with Gasteiger partial charge in [-0.2, -0.15) is 11.8 Å². The van der Waals surface area contributed by atoms with Gasteiger partial charge in [0.2, 0.25) is 0 Å². The van der Waals surface area contributed by atoms with E-state index >= 15 is 0 Å². The van der Waals surface area contributed by atoms with Crippen molar-refractivity contribution in [2.45, 2.75) is 39.7 Å². The van der Waals surface area contributed by atoms with Gasteiger partial charge in [-0.1, -0.05) is 20.3 Å². The summed E-state index contributed by atoms with van der Waals surface area (Å²) in [6.45, 7) is 6.42. The molecule has 1 N–H and O–H groups in total. The van der Waals surface area contributed by atoms with Crippen molar-refractivity contribution in [3.05, 3.63) is 0 Å². The van der Waals surface area contributed by atoms with E-state index in [9.17, 15) is 9.59 Å². The minimum Gasteiger partial charge on any atom is -0.464 e. The third kappa shape index (κ3) is 8.22. The van der Waals surface area contributed by atoms with Crippen molar-refractivity contribution in [3.8, 4) is 0 Å². The Bertz CT molecular complexity index is 248.